The minimum atomic E-state index is -0.545. The number of nitrogens with zero attached hydrogens (tertiary/aromatic N) is 1. The Morgan fingerprint density at radius 2 is 2.05 bits per heavy atom. The fourth-order valence-electron chi connectivity index (χ4n) is 1.72. The lowest BCUT2D eigenvalue weighted by atomic mass is 10.2. The topological polar surface area (TPSA) is 98.4 Å². The highest BCUT2D eigenvalue weighted by atomic mass is 16.6. The van der Waals surface area contributed by atoms with E-state index in [0.29, 0.717) is 11.4 Å². The lowest BCUT2D eigenvalue weighted by Gasteiger charge is -2.21. The summed E-state index contributed by atoms with van der Waals surface area (Å²) in [6.45, 7) is 7.44. The molecule has 0 fully saturated rings. The molecule has 0 aliphatic carbocycles. The zero-order valence-corrected chi connectivity index (χ0v) is 13.2. The molecule has 2 amide bonds. The predicted octanol–water partition coefficient (Wildman–Crippen LogP) is 1.25. The van der Waals surface area contributed by atoms with Crippen LogP contribution in [0.2, 0.25) is 0 Å². The summed E-state index contributed by atoms with van der Waals surface area (Å²) in [6.07, 6.45) is 1.16. The second-order valence-corrected chi connectivity index (χ2v) is 6.03. The molecule has 0 aromatic carbocycles. The van der Waals surface area contributed by atoms with Gasteiger partial charge in [-0.3, -0.25) is 4.79 Å². The zero-order chi connectivity index (χ0) is 16.2. The maximum Gasteiger partial charge on any atom is 0.407 e. The number of ether oxygens (including phenoxy) is 1. The Balaban J connectivity index is 2.44. The minimum Gasteiger partial charge on any atom is -0.444 e. The Kier molecular flexibility index (Phi) is 5.23. The van der Waals surface area contributed by atoms with E-state index in [4.69, 9.17) is 10.5 Å². The summed E-state index contributed by atoms with van der Waals surface area (Å²) in [7, 11) is 1.74. The first-order chi connectivity index (χ1) is 9.58. The molecule has 0 aliphatic rings. The summed E-state index contributed by atoms with van der Waals surface area (Å²) < 4.78 is 6.77. The van der Waals surface area contributed by atoms with Crippen molar-refractivity contribution in [3.05, 3.63) is 18.0 Å². The van der Waals surface area contributed by atoms with Gasteiger partial charge in [0.1, 0.15) is 11.3 Å². The summed E-state index contributed by atoms with van der Waals surface area (Å²) in [5.74, 6) is -0.243. The molecule has 118 valence electrons. The molecule has 1 rings (SSSR count). The van der Waals surface area contributed by atoms with Crippen molar-refractivity contribution < 1.29 is 14.3 Å². The number of aromatic nitrogens is 1. The highest BCUT2D eigenvalue weighted by Crippen LogP contribution is 2.09. The Bertz CT molecular complexity index is 517. The van der Waals surface area contributed by atoms with Gasteiger partial charge in [0.25, 0.3) is 5.91 Å². The van der Waals surface area contributed by atoms with Gasteiger partial charge in [0.2, 0.25) is 0 Å². The highest BCUT2D eigenvalue weighted by Gasteiger charge is 2.18. The van der Waals surface area contributed by atoms with E-state index in [1.807, 2.05) is 0 Å². The number of nitrogens with two attached hydrogens (primary N) is 1. The maximum atomic E-state index is 12.0. The van der Waals surface area contributed by atoms with Crippen molar-refractivity contribution in [2.45, 2.75) is 39.3 Å². The van der Waals surface area contributed by atoms with Crippen molar-refractivity contribution in [2.24, 2.45) is 7.05 Å². The number of carbonyl (C=O) groups excluding carboxylic acids is 2. The van der Waals surface area contributed by atoms with Gasteiger partial charge < -0.3 is 25.7 Å². The van der Waals surface area contributed by atoms with Crippen LogP contribution in [0, 0.1) is 0 Å². The number of alkyl carbamates (subject to hydrolysis) is 1. The van der Waals surface area contributed by atoms with Crippen molar-refractivity contribution in [2.75, 3.05) is 12.3 Å². The third-order valence-electron chi connectivity index (χ3n) is 2.59. The largest absolute Gasteiger partial charge is 0.444 e. The summed E-state index contributed by atoms with van der Waals surface area (Å²) >= 11 is 0. The van der Waals surface area contributed by atoms with Gasteiger partial charge in [-0.2, -0.15) is 0 Å². The molecule has 7 heteroatoms. The van der Waals surface area contributed by atoms with E-state index in [9.17, 15) is 9.59 Å². The maximum absolute atomic E-state index is 12.0. The average Bonchev–Trinajstić information content (AvgIpc) is 2.63. The molecule has 7 nitrogen and oxygen atoms in total. The number of anilines is 1. The van der Waals surface area contributed by atoms with Gasteiger partial charge in [0.15, 0.2) is 0 Å². The fraction of sp³-hybridized carbons (Fsp3) is 0.571. The first-order valence-corrected chi connectivity index (χ1v) is 6.78. The molecule has 4 N–H and O–H groups in total. The number of aryl methyl sites for hydroxylation is 1. The zero-order valence-electron chi connectivity index (χ0n) is 13.2. The monoisotopic (exact) mass is 296 g/mol. The summed E-state index contributed by atoms with van der Waals surface area (Å²) in [6, 6.07) is 1.37. The molecule has 0 saturated heterocycles. The molecule has 21 heavy (non-hydrogen) atoms. The Labute approximate surface area is 124 Å². The number of hydrogen-bond donors (Lipinski definition) is 3. The fourth-order valence-corrected chi connectivity index (χ4v) is 1.72. The van der Waals surface area contributed by atoms with Crippen LogP contribution in [-0.4, -0.2) is 34.8 Å². The molecule has 1 aromatic rings. The van der Waals surface area contributed by atoms with Crippen LogP contribution in [0.25, 0.3) is 0 Å². The molecular weight excluding hydrogens is 272 g/mol. The highest BCUT2D eigenvalue weighted by molar-refractivity contribution is 5.94. The molecule has 1 atom stereocenters. The Morgan fingerprint density at radius 3 is 2.52 bits per heavy atom. The number of hydrogen-bond acceptors (Lipinski definition) is 4. The standard InChI is InChI=1S/C14H24N4O3/c1-9(7-16-13(20)21-14(2,3)4)17-12(19)11-6-10(15)8-18(11)5/h6,8-9H,7,15H2,1-5H3,(H,16,20)(H,17,19). The van der Waals surface area contributed by atoms with Gasteiger partial charge >= 0.3 is 6.09 Å². The number of carbonyl (C=O) groups is 2. The molecule has 0 aliphatic heterocycles. The van der Waals surface area contributed by atoms with Gasteiger partial charge in [-0.15, -0.1) is 0 Å². The van der Waals surface area contributed by atoms with Crippen LogP contribution >= 0.6 is 0 Å². The second-order valence-electron chi connectivity index (χ2n) is 6.03. The van der Waals surface area contributed by atoms with E-state index in [1.54, 1.807) is 51.6 Å². The van der Waals surface area contributed by atoms with E-state index in [2.05, 4.69) is 10.6 Å². The normalized spacial score (nSPS) is 12.6. The van der Waals surface area contributed by atoms with E-state index in [1.165, 1.54) is 0 Å². The third kappa shape index (κ3) is 5.76. The predicted molar refractivity (Wildman–Crippen MR) is 81.0 cm³/mol. The van der Waals surface area contributed by atoms with Gasteiger partial charge in [0, 0.05) is 25.8 Å². The molecule has 0 spiro atoms. The summed E-state index contributed by atoms with van der Waals surface area (Å²) in [5, 5.41) is 5.39. The molecule has 0 saturated carbocycles. The SMILES string of the molecule is CC(CNC(=O)OC(C)(C)C)NC(=O)c1cc(N)cn1C. The second kappa shape index (κ2) is 6.51. The third-order valence-corrected chi connectivity index (χ3v) is 2.59. The van der Waals surface area contributed by atoms with E-state index >= 15 is 0 Å². The lowest BCUT2D eigenvalue weighted by Crippen LogP contribution is -2.43. The van der Waals surface area contributed by atoms with Crippen LogP contribution < -0.4 is 16.4 Å². The number of amides is 2. The number of rotatable bonds is 4. The van der Waals surface area contributed by atoms with E-state index < -0.39 is 11.7 Å². The molecule has 1 aromatic heterocycles. The van der Waals surface area contributed by atoms with Crippen molar-refractivity contribution in [1.29, 1.82) is 0 Å². The van der Waals surface area contributed by atoms with Crippen LogP contribution in [0.1, 0.15) is 38.2 Å². The first-order valence-electron chi connectivity index (χ1n) is 6.78. The summed E-state index contributed by atoms with van der Waals surface area (Å²) in [5.41, 5.74) is 6.09. The smallest absolute Gasteiger partial charge is 0.407 e. The van der Waals surface area contributed by atoms with Crippen molar-refractivity contribution in [3.8, 4) is 0 Å². The van der Waals surface area contributed by atoms with Crippen molar-refractivity contribution >= 4 is 17.7 Å². The molecule has 1 unspecified atom stereocenters. The number of nitrogen functional groups attached to an aromatic ring is 1. The van der Waals surface area contributed by atoms with Crippen LogP contribution in [0.5, 0.6) is 0 Å². The van der Waals surface area contributed by atoms with Crippen LogP contribution in [0.4, 0.5) is 10.5 Å². The molecule has 1 heterocycles. The molecule has 0 radical (unpaired) electrons. The minimum absolute atomic E-state index is 0.235. The van der Waals surface area contributed by atoms with Crippen molar-refractivity contribution in [3.63, 3.8) is 0 Å². The first kappa shape index (κ1) is 16.9. The summed E-state index contributed by atoms with van der Waals surface area (Å²) in [4.78, 5) is 23.5. The van der Waals surface area contributed by atoms with Crippen LogP contribution in [-0.2, 0) is 11.8 Å². The van der Waals surface area contributed by atoms with Gasteiger partial charge in [-0.05, 0) is 33.8 Å². The van der Waals surface area contributed by atoms with Crippen LogP contribution in [0.15, 0.2) is 12.3 Å². The van der Waals surface area contributed by atoms with E-state index in [-0.39, 0.29) is 18.5 Å². The van der Waals surface area contributed by atoms with Crippen molar-refractivity contribution in [1.82, 2.24) is 15.2 Å². The quantitative estimate of drug-likeness (QED) is 0.778. The Hall–Kier alpha value is -2.18. The Morgan fingerprint density at radius 1 is 1.43 bits per heavy atom. The van der Waals surface area contributed by atoms with Gasteiger partial charge in [-0.25, -0.2) is 4.79 Å². The van der Waals surface area contributed by atoms with Gasteiger partial charge in [0.05, 0.1) is 5.69 Å². The molecular formula is C14H24N4O3. The average molecular weight is 296 g/mol. The van der Waals surface area contributed by atoms with E-state index in [0.717, 1.165) is 0 Å². The number of nitrogens with one attached hydrogen (secondary N) is 2. The lowest BCUT2D eigenvalue weighted by molar-refractivity contribution is 0.0521. The van der Waals surface area contributed by atoms with Gasteiger partial charge in [-0.1, -0.05) is 0 Å². The molecule has 0 bridgehead atoms. The van der Waals surface area contributed by atoms with Crippen LogP contribution in [0.3, 0.4) is 0 Å².